The van der Waals surface area contributed by atoms with Gasteiger partial charge in [-0.2, -0.15) is 13.2 Å². The van der Waals surface area contributed by atoms with Crippen LogP contribution in [0, 0.1) is 6.92 Å². The fraction of sp³-hybridized carbons (Fsp3) is 0.462. The molecule has 0 saturated carbocycles. The maximum Gasteiger partial charge on any atom is 0.390 e. The quantitative estimate of drug-likeness (QED) is 0.895. The molecule has 0 aliphatic rings. The van der Waals surface area contributed by atoms with Gasteiger partial charge >= 0.3 is 6.18 Å². The van der Waals surface area contributed by atoms with Crippen LogP contribution in [0.3, 0.4) is 0 Å². The number of aromatic amines is 1. The second-order valence-corrected chi connectivity index (χ2v) is 4.76. The molecule has 1 aromatic carbocycles. The first-order valence-corrected chi connectivity index (χ1v) is 6.09. The summed E-state index contributed by atoms with van der Waals surface area (Å²) in [5.74, 6) is 0.651. The number of aryl methyl sites for hydroxylation is 1. The van der Waals surface area contributed by atoms with E-state index in [0.29, 0.717) is 12.4 Å². The van der Waals surface area contributed by atoms with Crippen molar-refractivity contribution in [3.8, 4) is 0 Å². The summed E-state index contributed by atoms with van der Waals surface area (Å²) in [5.41, 5.74) is 2.81. The van der Waals surface area contributed by atoms with Crippen LogP contribution in [0.4, 0.5) is 13.2 Å². The number of H-pyrrole nitrogens is 1. The van der Waals surface area contributed by atoms with Crippen molar-refractivity contribution in [2.45, 2.75) is 39.0 Å². The number of nitrogens with zero attached hydrogens (tertiary/aromatic N) is 1. The Kier molecular flexibility index (Phi) is 3.80. The Bertz CT molecular complexity index is 560. The number of halogens is 3. The predicted molar refractivity (Wildman–Crippen MR) is 67.8 cm³/mol. The Morgan fingerprint density at radius 2 is 2.11 bits per heavy atom. The summed E-state index contributed by atoms with van der Waals surface area (Å²) in [6, 6.07) is 5.14. The summed E-state index contributed by atoms with van der Waals surface area (Å²) in [6.45, 7) is 3.76. The van der Waals surface area contributed by atoms with Gasteiger partial charge in [0.25, 0.3) is 0 Å². The van der Waals surface area contributed by atoms with E-state index in [-0.39, 0.29) is 0 Å². The van der Waals surface area contributed by atoms with E-state index >= 15 is 0 Å². The lowest BCUT2D eigenvalue weighted by Crippen LogP contribution is -2.31. The zero-order valence-electron chi connectivity index (χ0n) is 10.8. The smallest absolute Gasteiger partial charge is 0.341 e. The van der Waals surface area contributed by atoms with Gasteiger partial charge in [-0.3, -0.25) is 0 Å². The van der Waals surface area contributed by atoms with Crippen LogP contribution in [-0.4, -0.2) is 22.2 Å². The van der Waals surface area contributed by atoms with Gasteiger partial charge in [0.05, 0.1) is 24.0 Å². The van der Waals surface area contributed by atoms with Crippen LogP contribution in [0.2, 0.25) is 0 Å². The normalized spacial score (nSPS) is 13.9. The number of aromatic nitrogens is 2. The van der Waals surface area contributed by atoms with Crippen LogP contribution >= 0.6 is 0 Å². The SMILES string of the molecule is Cc1cccc2[nH]c(CN[C@H](C)CC(F)(F)F)nc12. The monoisotopic (exact) mass is 271 g/mol. The van der Waals surface area contributed by atoms with Gasteiger partial charge in [-0.05, 0) is 25.5 Å². The standard InChI is InChI=1S/C13H16F3N3/c1-8-4-3-5-10-12(8)19-11(18-10)7-17-9(2)6-13(14,15)16/h3-5,9,17H,6-7H2,1-2H3,(H,18,19)/t9-/m1/s1. The summed E-state index contributed by atoms with van der Waals surface area (Å²) >= 11 is 0. The van der Waals surface area contributed by atoms with Gasteiger partial charge < -0.3 is 10.3 Å². The maximum atomic E-state index is 12.2. The van der Waals surface area contributed by atoms with Crippen LogP contribution in [0.15, 0.2) is 18.2 Å². The van der Waals surface area contributed by atoms with Gasteiger partial charge in [0.2, 0.25) is 0 Å². The number of fused-ring (bicyclic) bond motifs is 1. The molecule has 2 N–H and O–H groups in total. The van der Waals surface area contributed by atoms with Crippen LogP contribution in [-0.2, 0) is 6.54 Å². The summed E-state index contributed by atoms with van der Waals surface area (Å²) in [4.78, 5) is 7.48. The summed E-state index contributed by atoms with van der Waals surface area (Å²) < 4.78 is 36.6. The van der Waals surface area contributed by atoms with E-state index in [4.69, 9.17) is 0 Å². The molecule has 3 nitrogen and oxygen atoms in total. The molecule has 0 spiro atoms. The lowest BCUT2D eigenvalue weighted by Gasteiger charge is -2.14. The molecule has 2 rings (SSSR count). The summed E-state index contributed by atoms with van der Waals surface area (Å²) in [5, 5.41) is 2.82. The Morgan fingerprint density at radius 1 is 1.37 bits per heavy atom. The molecule has 1 heterocycles. The van der Waals surface area contributed by atoms with E-state index in [0.717, 1.165) is 16.6 Å². The topological polar surface area (TPSA) is 40.7 Å². The largest absolute Gasteiger partial charge is 0.390 e. The lowest BCUT2D eigenvalue weighted by atomic mass is 10.2. The highest BCUT2D eigenvalue weighted by Crippen LogP contribution is 2.21. The third-order valence-corrected chi connectivity index (χ3v) is 2.92. The fourth-order valence-corrected chi connectivity index (χ4v) is 2.00. The van der Waals surface area contributed by atoms with Gasteiger partial charge in [0.1, 0.15) is 5.82 Å². The molecule has 0 unspecified atom stereocenters. The van der Waals surface area contributed by atoms with E-state index in [1.807, 2.05) is 25.1 Å². The average Bonchev–Trinajstić information content (AvgIpc) is 2.68. The van der Waals surface area contributed by atoms with Gasteiger partial charge in [-0.1, -0.05) is 12.1 Å². The zero-order valence-corrected chi connectivity index (χ0v) is 10.8. The Balaban J connectivity index is 2.00. The van der Waals surface area contributed by atoms with Crippen molar-refractivity contribution in [1.29, 1.82) is 0 Å². The molecule has 1 atom stereocenters. The second-order valence-electron chi connectivity index (χ2n) is 4.76. The first-order valence-electron chi connectivity index (χ1n) is 6.09. The highest BCUT2D eigenvalue weighted by molar-refractivity contribution is 5.78. The van der Waals surface area contributed by atoms with E-state index in [1.165, 1.54) is 6.92 Å². The highest BCUT2D eigenvalue weighted by Gasteiger charge is 2.29. The number of alkyl halides is 3. The molecular weight excluding hydrogens is 255 g/mol. The lowest BCUT2D eigenvalue weighted by molar-refractivity contribution is -0.139. The maximum absolute atomic E-state index is 12.2. The number of benzene rings is 1. The fourth-order valence-electron chi connectivity index (χ4n) is 2.00. The minimum Gasteiger partial charge on any atom is -0.341 e. The molecule has 0 radical (unpaired) electrons. The molecule has 19 heavy (non-hydrogen) atoms. The number of nitrogens with one attached hydrogen (secondary N) is 2. The van der Waals surface area contributed by atoms with Crippen molar-refractivity contribution in [2.24, 2.45) is 0 Å². The summed E-state index contributed by atoms with van der Waals surface area (Å²) in [7, 11) is 0. The third kappa shape index (κ3) is 3.70. The van der Waals surface area contributed by atoms with Crippen LogP contribution in [0.5, 0.6) is 0 Å². The molecule has 0 amide bonds. The van der Waals surface area contributed by atoms with Crippen molar-refractivity contribution in [3.05, 3.63) is 29.6 Å². The first-order chi connectivity index (χ1) is 8.85. The first kappa shape index (κ1) is 13.9. The van der Waals surface area contributed by atoms with E-state index in [1.54, 1.807) is 0 Å². The number of imidazole rings is 1. The highest BCUT2D eigenvalue weighted by atomic mass is 19.4. The Labute approximate surface area is 109 Å². The molecule has 0 bridgehead atoms. The second kappa shape index (κ2) is 5.21. The molecule has 0 aliphatic carbocycles. The Hall–Kier alpha value is -1.56. The molecule has 0 saturated heterocycles. The summed E-state index contributed by atoms with van der Waals surface area (Å²) in [6.07, 6.45) is -4.98. The number of rotatable bonds is 4. The minimum atomic E-state index is -4.14. The molecule has 1 aromatic heterocycles. The van der Waals surface area contributed by atoms with Gasteiger partial charge in [-0.15, -0.1) is 0 Å². The predicted octanol–water partition coefficient (Wildman–Crippen LogP) is 3.30. The number of para-hydroxylation sites is 1. The van der Waals surface area contributed by atoms with Gasteiger partial charge in [0.15, 0.2) is 0 Å². The number of hydrogen-bond donors (Lipinski definition) is 2. The Morgan fingerprint density at radius 3 is 2.74 bits per heavy atom. The van der Waals surface area contributed by atoms with E-state index in [2.05, 4.69) is 15.3 Å². The molecular formula is C13H16F3N3. The molecule has 104 valence electrons. The van der Waals surface area contributed by atoms with Gasteiger partial charge in [-0.25, -0.2) is 4.98 Å². The van der Waals surface area contributed by atoms with Crippen molar-refractivity contribution < 1.29 is 13.2 Å². The number of hydrogen-bond acceptors (Lipinski definition) is 2. The van der Waals surface area contributed by atoms with Crippen molar-refractivity contribution in [2.75, 3.05) is 0 Å². The molecule has 0 fully saturated rings. The van der Waals surface area contributed by atoms with Crippen LogP contribution in [0.25, 0.3) is 11.0 Å². The average molecular weight is 271 g/mol. The minimum absolute atomic E-state index is 0.297. The van der Waals surface area contributed by atoms with Crippen LogP contribution in [0.1, 0.15) is 24.7 Å². The van der Waals surface area contributed by atoms with E-state index in [9.17, 15) is 13.2 Å². The van der Waals surface area contributed by atoms with Gasteiger partial charge in [0, 0.05) is 6.04 Å². The third-order valence-electron chi connectivity index (χ3n) is 2.92. The van der Waals surface area contributed by atoms with E-state index < -0.39 is 18.6 Å². The van der Waals surface area contributed by atoms with Crippen molar-refractivity contribution >= 4 is 11.0 Å². The van der Waals surface area contributed by atoms with Crippen molar-refractivity contribution in [1.82, 2.24) is 15.3 Å². The molecule has 2 aromatic rings. The molecule has 0 aliphatic heterocycles. The zero-order chi connectivity index (χ0) is 14.0. The molecule has 6 heteroatoms. The van der Waals surface area contributed by atoms with Crippen molar-refractivity contribution in [3.63, 3.8) is 0 Å². The van der Waals surface area contributed by atoms with Crippen LogP contribution < -0.4 is 5.32 Å².